The summed E-state index contributed by atoms with van der Waals surface area (Å²) in [6, 6.07) is 2.34. The Morgan fingerprint density at radius 1 is 0.584 bits per heavy atom. The van der Waals surface area contributed by atoms with Crippen LogP contribution in [0.1, 0.15) is 93.7 Å². The summed E-state index contributed by atoms with van der Waals surface area (Å²) >= 11 is 0. The third kappa shape index (κ3) is 14.7. The lowest BCUT2D eigenvalue weighted by Gasteiger charge is -2.30. The lowest BCUT2D eigenvalue weighted by molar-refractivity contribution is -0.144. The SMILES string of the molecule is CC[C@@H]1C[C@H](N(Cc2cc(C(F)(F)F)cc(C(F)(F)F)c2)c2ncc(-c3cnn(C)c3)cn2)CN1.CC[C@@H]1C[C@H](N(Cc2cc(C(F)(F)F)cc(C(F)(F)F)c2)c2ncc(-c3cnn(C)c3)cn2)CN1C(=O)OC(C)(C)C. The van der Waals surface area contributed by atoms with Crippen molar-refractivity contribution in [3.05, 3.63) is 119 Å². The maximum atomic E-state index is 13.6. The van der Waals surface area contributed by atoms with Gasteiger partial charge >= 0.3 is 30.8 Å². The summed E-state index contributed by atoms with van der Waals surface area (Å²) < 4.78 is 171. The Kier molecular flexibility index (Phi) is 16.9. The van der Waals surface area contributed by atoms with Gasteiger partial charge in [0.25, 0.3) is 0 Å². The van der Waals surface area contributed by atoms with Gasteiger partial charge < -0.3 is 24.8 Å². The van der Waals surface area contributed by atoms with E-state index in [1.807, 2.05) is 13.8 Å². The number of benzene rings is 2. The monoisotopic (exact) mass is 1100 g/mol. The Morgan fingerprint density at radius 2 is 0.987 bits per heavy atom. The molecule has 0 spiro atoms. The maximum Gasteiger partial charge on any atom is 0.416 e. The van der Waals surface area contributed by atoms with Crippen LogP contribution >= 0.6 is 0 Å². The summed E-state index contributed by atoms with van der Waals surface area (Å²) in [4.78, 5) is 35.4. The number of likely N-dealkylation sites (tertiary alicyclic amines) is 1. The van der Waals surface area contributed by atoms with E-state index in [1.54, 1.807) is 96.1 Å². The molecule has 8 rings (SSSR count). The number of nitrogens with zero attached hydrogens (tertiary/aromatic N) is 11. The number of amides is 1. The number of halogens is 12. The van der Waals surface area contributed by atoms with Crippen molar-refractivity contribution in [2.75, 3.05) is 22.9 Å². The first kappa shape index (κ1) is 57.7. The smallest absolute Gasteiger partial charge is 0.416 e. The molecule has 2 saturated heterocycles. The Balaban J connectivity index is 0.000000227. The van der Waals surface area contributed by atoms with Gasteiger partial charge in [0.15, 0.2) is 0 Å². The Labute approximate surface area is 435 Å². The zero-order valence-corrected chi connectivity index (χ0v) is 42.8. The molecule has 77 heavy (non-hydrogen) atoms. The number of anilines is 2. The van der Waals surface area contributed by atoms with Crippen molar-refractivity contribution >= 4 is 18.0 Å². The van der Waals surface area contributed by atoms with Gasteiger partial charge in [0.05, 0.1) is 40.7 Å². The van der Waals surface area contributed by atoms with Gasteiger partial charge in [-0.2, -0.15) is 62.9 Å². The van der Waals surface area contributed by atoms with Crippen LogP contribution in [0.4, 0.5) is 69.4 Å². The average Bonchev–Trinajstić information content (AvgIpc) is 4.21. The van der Waals surface area contributed by atoms with Crippen molar-refractivity contribution in [1.29, 1.82) is 0 Å². The zero-order valence-electron chi connectivity index (χ0n) is 42.8. The van der Waals surface area contributed by atoms with Crippen LogP contribution in [0.3, 0.4) is 0 Å². The van der Waals surface area contributed by atoms with E-state index in [1.165, 1.54) is 12.4 Å². The van der Waals surface area contributed by atoms with E-state index in [0.29, 0.717) is 49.1 Å². The van der Waals surface area contributed by atoms with Gasteiger partial charge in [-0.15, -0.1) is 0 Å². The topological polar surface area (TPSA) is 135 Å². The molecular formula is C51H56F12N12O2. The molecule has 1 amide bonds. The maximum absolute atomic E-state index is 13.6. The fourth-order valence-electron chi connectivity index (χ4n) is 9.11. The molecule has 2 aliphatic heterocycles. The lowest BCUT2D eigenvalue weighted by atomic mass is 10.0. The second-order valence-electron chi connectivity index (χ2n) is 19.9. The number of nitrogens with one attached hydrogen (secondary N) is 1. The molecule has 26 heteroatoms. The standard InChI is InChI=1S/C28H32F6N6O2.C23H24F6N6/c1-6-22-10-23(16-40(22)25(41)42-26(2,3)4)39(24-35-11-18(12-36-24)19-13-37-38(5)15-19)14-17-7-20(27(29,30)31)9-21(8-17)28(32,33)34;1-3-19-7-20(11-30-19)35(21-31-8-15(9-32-21)16-10-33-34(2)13-16)12-14-4-17(22(24,25)26)6-18(5-14)23(27,28)29/h7-9,11-13,15,22-23H,6,10,14,16H2,1-5H3;4-6,8-10,13,19-20,30H,3,7,11-12H2,1-2H3/t22-,23+;19-,20+/m11/s1. The Bertz CT molecular complexity index is 2880. The summed E-state index contributed by atoms with van der Waals surface area (Å²) in [6.45, 7) is 9.15. The van der Waals surface area contributed by atoms with Gasteiger partial charge in [-0.05, 0) is 94.0 Å². The fraction of sp³-hybridized carbons (Fsp3) is 0.471. The van der Waals surface area contributed by atoms with E-state index in [2.05, 4.69) is 35.5 Å². The van der Waals surface area contributed by atoms with Crippen molar-refractivity contribution in [2.24, 2.45) is 14.1 Å². The van der Waals surface area contributed by atoms with E-state index in [4.69, 9.17) is 4.74 Å². The Hall–Kier alpha value is -6.99. The van der Waals surface area contributed by atoms with Crippen molar-refractivity contribution in [1.82, 2.24) is 49.7 Å². The van der Waals surface area contributed by atoms with Crippen LogP contribution in [0.5, 0.6) is 0 Å². The van der Waals surface area contributed by atoms with Gasteiger partial charge in [-0.3, -0.25) is 9.36 Å². The lowest BCUT2D eigenvalue weighted by Crippen LogP contribution is -2.42. The molecule has 2 aromatic carbocycles. The predicted molar refractivity (Wildman–Crippen MR) is 260 cm³/mol. The van der Waals surface area contributed by atoms with Crippen molar-refractivity contribution < 1.29 is 62.2 Å². The molecule has 0 bridgehead atoms. The van der Waals surface area contributed by atoms with Gasteiger partial charge in [0, 0.05) is 118 Å². The van der Waals surface area contributed by atoms with Crippen LogP contribution in [0.25, 0.3) is 22.3 Å². The summed E-state index contributed by atoms with van der Waals surface area (Å²) in [7, 11) is 3.51. The molecule has 4 atom stereocenters. The van der Waals surface area contributed by atoms with E-state index >= 15 is 0 Å². The van der Waals surface area contributed by atoms with Crippen LogP contribution in [0.2, 0.25) is 0 Å². The summed E-state index contributed by atoms with van der Waals surface area (Å²) in [5.41, 5.74) is -3.77. The summed E-state index contributed by atoms with van der Waals surface area (Å²) in [5, 5.41) is 11.5. The molecule has 0 saturated carbocycles. The molecule has 2 fully saturated rings. The first-order valence-electron chi connectivity index (χ1n) is 24.3. The highest BCUT2D eigenvalue weighted by Gasteiger charge is 2.42. The van der Waals surface area contributed by atoms with Gasteiger partial charge in [-0.25, -0.2) is 24.7 Å². The molecule has 1 N–H and O–H groups in total. The minimum absolute atomic E-state index is 0.0968. The van der Waals surface area contributed by atoms with Crippen LogP contribution in [-0.2, 0) is 56.6 Å². The number of hydrogen-bond acceptors (Lipinski definition) is 11. The quantitative estimate of drug-likeness (QED) is 0.117. The fourth-order valence-corrected chi connectivity index (χ4v) is 9.11. The van der Waals surface area contributed by atoms with Crippen molar-refractivity contribution in [2.45, 2.75) is 128 Å². The number of ether oxygens (including phenoxy) is 1. The third-order valence-corrected chi connectivity index (χ3v) is 12.9. The Morgan fingerprint density at radius 3 is 1.31 bits per heavy atom. The van der Waals surface area contributed by atoms with E-state index < -0.39 is 64.7 Å². The van der Waals surface area contributed by atoms with Crippen LogP contribution < -0.4 is 15.1 Å². The van der Waals surface area contributed by atoms with E-state index in [0.717, 1.165) is 29.7 Å². The van der Waals surface area contributed by atoms with E-state index in [-0.39, 0.29) is 72.9 Å². The highest BCUT2D eigenvalue weighted by molar-refractivity contribution is 5.69. The summed E-state index contributed by atoms with van der Waals surface area (Å²) in [5.74, 6) is 0.326. The molecular weight excluding hydrogens is 1040 g/mol. The predicted octanol–water partition coefficient (Wildman–Crippen LogP) is 11.8. The number of aryl methyl sites for hydroxylation is 2. The normalized spacial score (nSPS) is 18.3. The first-order chi connectivity index (χ1) is 35.9. The number of carbonyl (C=O) groups is 1. The average molecular weight is 1100 g/mol. The minimum Gasteiger partial charge on any atom is -0.444 e. The van der Waals surface area contributed by atoms with Crippen molar-refractivity contribution in [3.8, 4) is 22.3 Å². The second kappa shape index (κ2) is 22.5. The molecule has 0 radical (unpaired) electrons. The molecule has 14 nitrogen and oxygen atoms in total. The van der Waals surface area contributed by atoms with Gasteiger partial charge in [-0.1, -0.05) is 13.8 Å². The zero-order chi connectivity index (χ0) is 56.4. The highest BCUT2D eigenvalue weighted by atomic mass is 19.4. The molecule has 6 aromatic rings. The van der Waals surface area contributed by atoms with Crippen LogP contribution in [0.15, 0.2) is 86.0 Å². The minimum atomic E-state index is -4.99. The molecule has 6 heterocycles. The molecule has 0 unspecified atom stereocenters. The second-order valence-corrected chi connectivity index (χ2v) is 19.9. The molecule has 2 aliphatic rings. The third-order valence-electron chi connectivity index (χ3n) is 12.9. The van der Waals surface area contributed by atoms with Gasteiger partial charge in [0.2, 0.25) is 11.9 Å². The number of carbonyl (C=O) groups excluding carboxylic acids is 1. The van der Waals surface area contributed by atoms with Crippen LogP contribution in [0, 0.1) is 0 Å². The first-order valence-corrected chi connectivity index (χ1v) is 24.3. The number of alkyl halides is 12. The molecule has 416 valence electrons. The highest BCUT2D eigenvalue weighted by Crippen LogP contribution is 2.40. The van der Waals surface area contributed by atoms with Crippen LogP contribution in [-0.4, -0.2) is 93.3 Å². The number of aromatic nitrogens is 8. The molecule has 4 aromatic heterocycles. The van der Waals surface area contributed by atoms with Crippen molar-refractivity contribution in [3.63, 3.8) is 0 Å². The largest absolute Gasteiger partial charge is 0.444 e. The number of hydrogen-bond donors (Lipinski definition) is 1. The number of rotatable bonds is 12. The summed E-state index contributed by atoms with van der Waals surface area (Å²) in [6.07, 6.45) is -4.96. The van der Waals surface area contributed by atoms with Gasteiger partial charge in [0.1, 0.15) is 5.60 Å². The van der Waals surface area contributed by atoms with E-state index in [9.17, 15) is 57.5 Å². The molecule has 0 aliphatic carbocycles.